The number of hydrogen-bond acceptors (Lipinski definition) is 6. The maximum Gasteiger partial charge on any atom is 0.257 e. The molecule has 2 bridgehead atoms. The Balaban J connectivity index is 1.26. The topological polar surface area (TPSA) is 101 Å². The highest BCUT2D eigenvalue weighted by Gasteiger charge is 2.36. The summed E-state index contributed by atoms with van der Waals surface area (Å²) in [7, 11) is 1.87. The molecule has 2 aliphatic rings. The zero-order valence-electron chi connectivity index (χ0n) is 23.8. The summed E-state index contributed by atoms with van der Waals surface area (Å²) in [6, 6.07) is 6.56. The Morgan fingerprint density at radius 2 is 1.88 bits per heavy atom. The SMILES string of the molecule is CCC/C(=C\c1cc(C(=O)Nc2cc(C(=O)NCCN3C4CCC3COC4)ccc2F)cnc1C)c1cnn(C)c1. The Morgan fingerprint density at radius 3 is 2.59 bits per heavy atom. The Labute approximate surface area is 239 Å². The number of nitrogens with one attached hydrogen (secondary N) is 2. The average Bonchev–Trinajstić information content (AvgIpc) is 3.48. The van der Waals surface area contributed by atoms with Crippen LogP contribution in [0.25, 0.3) is 11.6 Å². The van der Waals surface area contributed by atoms with Crippen LogP contribution in [0.4, 0.5) is 10.1 Å². The first-order valence-corrected chi connectivity index (χ1v) is 14.2. The van der Waals surface area contributed by atoms with Gasteiger partial charge in [0, 0.05) is 61.4 Å². The number of hydrogen-bond donors (Lipinski definition) is 2. The van der Waals surface area contributed by atoms with Crippen molar-refractivity contribution in [2.45, 2.75) is 51.6 Å². The van der Waals surface area contributed by atoms with Crippen molar-refractivity contribution in [1.29, 1.82) is 0 Å². The number of fused-ring (bicyclic) bond motifs is 2. The van der Waals surface area contributed by atoms with Crippen LogP contribution in [-0.4, -0.2) is 69.9 Å². The first kappa shape index (κ1) is 28.6. The summed E-state index contributed by atoms with van der Waals surface area (Å²) in [5, 5.41) is 9.82. The molecule has 9 nitrogen and oxygen atoms in total. The normalized spacial score (nSPS) is 18.9. The Hall–Kier alpha value is -3.89. The van der Waals surface area contributed by atoms with E-state index >= 15 is 0 Å². The van der Waals surface area contributed by atoms with Crippen molar-refractivity contribution < 1.29 is 18.7 Å². The molecule has 2 aromatic heterocycles. The molecule has 4 heterocycles. The van der Waals surface area contributed by atoms with Gasteiger partial charge in [-0.15, -0.1) is 0 Å². The molecule has 2 aliphatic heterocycles. The van der Waals surface area contributed by atoms with Crippen molar-refractivity contribution in [3.63, 3.8) is 0 Å². The van der Waals surface area contributed by atoms with Gasteiger partial charge in [0.25, 0.3) is 11.8 Å². The third kappa shape index (κ3) is 6.71. The minimum absolute atomic E-state index is 0.0615. The van der Waals surface area contributed by atoms with Gasteiger partial charge in [0.2, 0.25) is 0 Å². The summed E-state index contributed by atoms with van der Waals surface area (Å²) in [6.07, 6.45) is 11.3. The summed E-state index contributed by atoms with van der Waals surface area (Å²) in [6.45, 7) is 6.69. The number of rotatable bonds is 10. The first-order valence-electron chi connectivity index (χ1n) is 14.2. The Bertz CT molecular complexity index is 1440. The van der Waals surface area contributed by atoms with Crippen LogP contribution in [0.2, 0.25) is 0 Å². The smallest absolute Gasteiger partial charge is 0.257 e. The van der Waals surface area contributed by atoms with E-state index in [-0.39, 0.29) is 17.2 Å². The fourth-order valence-electron chi connectivity index (χ4n) is 5.60. The Morgan fingerprint density at radius 1 is 1.10 bits per heavy atom. The van der Waals surface area contributed by atoms with Crippen molar-refractivity contribution in [2.75, 3.05) is 31.6 Å². The van der Waals surface area contributed by atoms with E-state index < -0.39 is 11.7 Å². The number of amides is 2. The van der Waals surface area contributed by atoms with Gasteiger partial charge in [-0.1, -0.05) is 13.3 Å². The van der Waals surface area contributed by atoms with Crippen molar-refractivity contribution >= 4 is 29.2 Å². The number of carbonyl (C=O) groups excluding carboxylic acids is 2. The fraction of sp³-hybridized carbons (Fsp3) is 0.419. The lowest BCUT2D eigenvalue weighted by Gasteiger charge is -2.34. The van der Waals surface area contributed by atoms with Crippen molar-refractivity contribution in [3.8, 4) is 0 Å². The zero-order valence-corrected chi connectivity index (χ0v) is 23.8. The van der Waals surface area contributed by atoms with Crippen LogP contribution in [-0.2, 0) is 11.8 Å². The quantitative estimate of drug-likeness (QED) is 0.380. The summed E-state index contributed by atoms with van der Waals surface area (Å²) in [4.78, 5) is 32.8. The highest BCUT2D eigenvalue weighted by Crippen LogP contribution is 2.28. The van der Waals surface area contributed by atoms with Crippen LogP contribution >= 0.6 is 0 Å². The molecule has 10 heteroatoms. The number of aryl methyl sites for hydroxylation is 2. The van der Waals surface area contributed by atoms with Crippen molar-refractivity contribution in [1.82, 2.24) is 25.0 Å². The van der Waals surface area contributed by atoms with Crippen LogP contribution in [0.5, 0.6) is 0 Å². The number of aromatic nitrogens is 3. The summed E-state index contributed by atoms with van der Waals surface area (Å²) < 4.78 is 22.1. The number of ether oxygens (including phenoxy) is 1. The number of benzene rings is 1. The van der Waals surface area contributed by atoms with Crippen molar-refractivity contribution in [3.05, 3.63) is 76.6 Å². The molecule has 2 amide bonds. The number of carbonyl (C=O) groups is 2. The predicted molar refractivity (Wildman–Crippen MR) is 156 cm³/mol. The van der Waals surface area contributed by atoms with Gasteiger partial charge in [-0.2, -0.15) is 5.10 Å². The molecule has 0 aliphatic carbocycles. The second-order valence-electron chi connectivity index (χ2n) is 10.8. The van der Waals surface area contributed by atoms with E-state index in [1.807, 2.05) is 32.4 Å². The zero-order chi connectivity index (χ0) is 28.9. The van der Waals surface area contributed by atoms with Gasteiger partial charge >= 0.3 is 0 Å². The van der Waals surface area contributed by atoms with E-state index in [0.717, 1.165) is 67.8 Å². The second-order valence-corrected chi connectivity index (χ2v) is 10.8. The van der Waals surface area contributed by atoms with Gasteiger partial charge in [-0.3, -0.25) is 24.2 Å². The Kier molecular flexibility index (Phi) is 8.90. The van der Waals surface area contributed by atoms with Crippen LogP contribution in [0, 0.1) is 12.7 Å². The summed E-state index contributed by atoms with van der Waals surface area (Å²) in [5.41, 5.74) is 4.18. The fourth-order valence-corrected chi connectivity index (χ4v) is 5.60. The molecule has 1 aromatic carbocycles. The minimum atomic E-state index is -0.623. The lowest BCUT2D eigenvalue weighted by atomic mass is 10.00. The molecule has 41 heavy (non-hydrogen) atoms. The first-order chi connectivity index (χ1) is 19.8. The molecule has 2 saturated heterocycles. The average molecular weight is 561 g/mol. The van der Waals surface area contributed by atoms with E-state index in [1.54, 1.807) is 10.7 Å². The number of allylic oxidation sites excluding steroid dienone is 1. The third-order valence-electron chi connectivity index (χ3n) is 7.84. The second kappa shape index (κ2) is 12.7. The largest absolute Gasteiger partial charge is 0.378 e. The molecule has 0 radical (unpaired) electrons. The number of anilines is 1. The molecule has 0 saturated carbocycles. The van der Waals surface area contributed by atoms with Crippen LogP contribution in [0.15, 0.2) is 42.9 Å². The monoisotopic (exact) mass is 560 g/mol. The number of morpholine rings is 1. The van der Waals surface area contributed by atoms with Crippen LogP contribution in [0.3, 0.4) is 0 Å². The van der Waals surface area contributed by atoms with Gasteiger partial charge in [-0.05, 0) is 67.7 Å². The third-order valence-corrected chi connectivity index (χ3v) is 7.84. The van der Waals surface area contributed by atoms with Crippen LogP contribution in [0.1, 0.15) is 70.1 Å². The van der Waals surface area contributed by atoms with Gasteiger partial charge in [0.05, 0.1) is 30.7 Å². The van der Waals surface area contributed by atoms with E-state index in [0.29, 0.717) is 24.2 Å². The molecule has 216 valence electrons. The van der Waals surface area contributed by atoms with Gasteiger partial charge in [0.1, 0.15) is 5.82 Å². The minimum Gasteiger partial charge on any atom is -0.378 e. The number of pyridine rings is 1. The highest BCUT2D eigenvalue weighted by atomic mass is 19.1. The van der Waals surface area contributed by atoms with E-state index in [9.17, 15) is 14.0 Å². The lowest BCUT2D eigenvalue weighted by molar-refractivity contribution is -0.0135. The maximum absolute atomic E-state index is 14.7. The van der Waals surface area contributed by atoms with Crippen molar-refractivity contribution in [2.24, 2.45) is 7.05 Å². The molecule has 2 unspecified atom stereocenters. The van der Waals surface area contributed by atoms with Gasteiger partial charge in [-0.25, -0.2) is 4.39 Å². The molecule has 0 spiro atoms. The molecule has 2 atom stereocenters. The maximum atomic E-state index is 14.7. The predicted octanol–water partition coefficient (Wildman–Crippen LogP) is 4.45. The van der Waals surface area contributed by atoms with Crippen LogP contribution < -0.4 is 10.6 Å². The van der Waals surface area contributed by atoms with Gasteiger partial charge in [0.15, 0.2) is 0 Å². The molecule has 2 N–H and O–H groups in total. The highest BCUT2D eigenvalue weighted by molar-refractivity contribution is 6.05. The number of halogens is 1. The number of nitrogens with zero attached hydrogens (tertiary/aromatic N) is 4. The molecular weight excluding hydrogens is 523 g/mol. The lowest BCUT2D eigenvalue weighted by Crippen LogP contribution is -2.48. The standard InChI is InChI=1S/C31H37FN6O3/c1-4-5-21(25-16-35-37(3)17-25)12-23-13-24(15-34-20(23)2)31(40)36-29-14-22(6-9-28(29)32)30(39)33-10-11-38-26-7-8-27(38)19-41-18-26/h6,9,12-17,26-27H,4-5,7-8,10-11,18-19H2,1-3H3,(H,33,39)(H,36,40)/b21-12+. The van der Waals surface area contributed by atoms with E-state index in [4.69, 9.17) is 4.74 Å². The van der Waals surface area contributed by atoms with E-state index in [1.165, 1.54) is 24.4 Å². The van der Waals surface area contributed by atoms with E-state index in [2.05, 4.69) is 32.5 Å². The molecule has 2 fully saturated rings. The molecule has 3 aromatic rings. The molecule has 5 rings (SSSR count). The molecular formula is C31H37FN6O3. The summed E-state index contributed by atoms with van der Waals surface area (Å²) >= 11 is 0. The van der Waals surface area contributed by atoms with Gasteiger partial charge < -0.3 is 15.4 Å². The summed E-state index contributed by atoms with van der Waals surface area (Å²) in [5.74, 6) is -1.45.